The van der Waals surface area contributed by atoms with Crippen LogP contribution in [-0.4, -0.2) is 53.5 Å². The highest BCUT2D eigenvalue weighted by atomic mass is 16.5. The van der Waals surface area contributed by atoms with E-state index in [2.05, 4.69) is 22.8 Å². The standard InChI is InChI=1S/C26H32N2O6/c1-4-26(5-2,24(32)28-22(16(3)29)23(30)31)15-27-25(33)34-14-21-19-12-8-6-10-17(19)18-11-7-9-13-20(18)21/h6-13,16,21-22,29H,4-5,14-15H2,1-3H3,(H,27,33)(H,28,32)(H,30,31). The summed E-state index contributed by atoms with van der Waals surface area (Å²) in [6.45, 7) is 5.02. The number of nitrogens with one attached hydrogen (secondary N) is 2. The molecular formula is C26H32N2O6. The van der Waals surface area contributed by atoms with Crippen LogP contribution in [0.25, 0.3) is 11.1 Å². The van der Waals surface area contributed by atoms with Crippen molar-refractivity contribution in [2.75, 3.05) is 13.2 Å². The molecule has 2 aromatic rings. The van der Waals surface area contributed by atoms with Crippen molar-refractivity contribution >= 4 is 18.0 Å². The molecule has 8 nitrogen and oxygen atoms in total. The fourth-order valence-electron chi connectivity index (χ4n) is 4.48. The van der Waals surface area contributed by atoms with Gasteiger partial charge in [0.25, 0.3) is 0 Å². The molecule has 8 heteroatoms. The molecule has 0 saturated carbocycles. The van der Waals surface area contributed by atoms with Crippen LogP contribution in [-0.2, 0) is 14.3 Å². The van der Waals surface area contributed by atoms with Gasteiger partial charge in [0.05, 0.1) is 11.5 Å². The summed E-state index contributed by atoms with van der Waals surface area (Å²) in [6.07, 6.45) is -1.18. The monoisotopic (exact) mass is 468 g/mol. The van der Waals surface area contributed by atoms with E-state index in [1.54, 1.807) is 13.8 Å². The van der Waals surface area contributed by atoms with Crippen molar-refractivity contribution < 1.29 is 29.3 Å². The molecule has 0 fully saturated rings. The molecular weight excluding hydrogens is 436 g/mol. The number of alkyl carbamates (subject to hydrolysis) is 1. The van der Waals surface area contributed by atoms with Crippen LogP contribution in [0.3, 0.4) is 0 Å². The molecule has 0 aliphatic heterocycles. The van der Waals surface area contributed by atoms with Crippen LogP contribution in [0.2, 0.25) is 0 Å². The number of carbonyl (C=O) groups excluding carboxylic acids is 2. The van der Waals surface area contributed by atoms with Crippen molar-refractivity contribution in [2.24, 2.45) is 5.41 Å². The summed E-state index contributed by atoms with van der Waals surface area (Å²) in [5, 5.41) is 24.0. The molecule has 2 unspecified atom stereocenters. The average Bonchev–Trinajstić information content (AvgIpc) is 3.15. The molecule has 0 radical (unpaired) electrons. The molecule has 0 bridgehead atoms. The lowest BCUT2D eigenvalue weighted by Gasteiger charge is -2.32. The quantitative estimate of drug-likeness (QED) is 0.424. The zero-order chi connectivity index (χ0) is 24.9. The molecule has 0 saturated heterocycles. The predicted molar refractivity (Wildman–Crippen MR) is 127 cm³/mol. The van der Waals surface area contributed by atoms with Gasteiger partial charge in [-0.05, 0) is 42.0 Å². The van der Waals surface area contributed by atoms with E-state index >= 15 is 0 Å². The van der Waals surface area contributed by atoms with E-state index < -0.39 is 35.5 Å². The zero-order valence-corrected chi connectivity index (χ0v) is 19.7. The van der Waals surface area contributed by atoms with E-state index in [9.17, 15) is 24.6 Å². The second-order valence-electron chi connectivity index (χ2n) is 8.70. The molecule has 3 rings (SSSR count). The topological polar surface area (TPSA) is 125 Å². The number of carboxylic acid groups (broad SMARTS) is 1. The zero-order valence-electron chi connectivity index (χ0n) is 19.7. The average molecular weight is 469 g/mol. The normalized spacial score (nSPS) is 14.5. The first-order chi connectivity index (χ1) is 16.2. The molecule has 34 heavy (non-hydrogen) atoms. The summed E-state index contributed by atoms with van der Waals surface area (Å²) in [5.74, 6) is -1.94. The first kappa shape index (κ1) is 25.2. The van der Waals surface area contributed by atoms with Crippen LogP contribution >= 0.6 is 0 Å². The second kappa shape index (κ2) is 10.7. The van der Waals surface area contributed by atoms with Crippen molar-refractivity contribution in [2.45, 2.75) is 51.7 Å². The van der Waals surface area contributed by atoms with Gasteiger partial charge in [-0.25, -0.2) is 9.59 Å². The van der Waals surface area contributed by atoms with Crippen LogP contribution in [0.4, 0.5) is 4.79 Å². The Bertz CT molecular complexity index is 1000. The van der Waals surface area contributed by atoms with Crippen molar-refractivity contribution in [1.29, 1.82) is 0 Å². The van der Waals surface area contributed by atoms with Crippen LogP contribution in [0.1, 0.15) is 50.7 Å². The molecule has 2 atom stereocenters. The Morgan fingerprint density at radius 3 is 2.00 bits per heavy atom. The molecule has 1 aliphatic carbocycles. The summed E-state index contributed by atoms with van der Waals surface area (Å²) in [4.78, 5) is 36.9. The van der Waals surface area contributed by atoms with Crippen molar-refractivity contribution in [3.05, 3.63) is 59.7 Å². The van der Waals surface area contributed by atoms with Gasteiger partial charge in [-0.3, -0.25) is 4.79 Å². The molecule has 2 aromatic carbocycles. The number of carboxylic acids is 1. The molecule has 4 N–H and O–H groups in total. The molecule has 0 heterocycles. The van der Waals surface area contributed by atoms with Crippen LogP contribution in [0.5, 0.6) is 0 Å². The van der Waals surface area contributed by atoms with E-state index in [0.717, 1.165) is 22.3 Å². The number of rotatable bonds is 10. The van der Waals surface area contributed by atoms with Gasteiger partial charge in [0.2, 0.25) is 5.91 Å². The van der Waals surface area contributed by atoms with Crippen LogP contribution in [0, 0.1) is 5.41 Å². The minimum atomic E-state index is -1.43. The van der Waals surface area contributed by atoms with Gasteiger partial charge < -0.3 is 25.6 Å². The number of fused-ring (bicyclic) bond motifs is 3. The van der Waals surface area contributed by atoms with E-state index in [0.29, 0.717) is 12.8 Å². The number of aliphatic carboxylic acids is 1. The van der Waals surface area contributed by atoms with Gasteiger partial charge in [0.15, 0.2) is 6.04 Å². The number of hydrogen-bond donors (Lipinski definition) is 4. The SMILES string of the molecule is CCC(CC)(CNC(=O)OCC1c2ccccc2-c2ccccc21)C(=O)NC(C(=O)O)C(C)O. The van der Waals surface area contributed by atoms with Crippen molar-refractivity contribution in [3.8, 4) is 11.1 Å². The summed E-state index contributed by atoms with van der Waals surface area (Å²) in [5.41, 5.74) is 3.43. The Kier molecular flexibility index (Phi) is 7.94. The van der Waals surface area contributed by atoms with Gasteiger partial charge in [0, 0.05) is 12.5 Å². The molecule has 0 spiro atoms. The number of aliphatic hydroxyl groups excluding tert-OH is 1. The molecule has 182 valence electrons. The largest absolute Gasteiger partial charge is 0.480 e. The highest BCUT2D eigenvalue weighted by Crippen LogP contribution is 2.44. The highest BCUT2D eigenvalue weighted by molar-refractivity contribution is 5.88. The maximum absolute atomic E-state index is 12.9. The number of hydrogen-bond acceptors (Lipinski definition) is 5. The van der Waals surface area contributed by atoms with E-state index in [-0.39, 0.29) is 19.1 Å². The van der Waals surface area contributed by atoms with Crippen molar-refractivity contribution in [3.63, 3.8) is 0 Å². The van der Waals surface area contributed by atoms with Crippen molar-refractivity contribution in [1.82, 2.24) is 10.6 Å². The van der Waals surface area contributed by atoms with Gasteiger partial charge in [-0.1, -0.05) is 62.4 Å². The number of carbonyl (C=O) groups is 3. The number of benzene rings is 2. The molecule has 1 aliphatic rings. The van der Waals surface area contributed by atoms with E-state index in [1.165, 1.54) is 6.92 Å². The second-order valence-corrected chi connectivity index (χ2v) is 8.70. The Labute approximate surface area is 199 Å². The minimum absolute atomic E-state index is 0.0192. The van der Waals surface area contributed by atoms with Gasteiger partial charge in [0.1, 0.15) is 6.61 Å². The Hall–Kier alpha value is -3.39. The number of ether oxygens (including phenoxy) is 1. The summed E-state index contributed by atoms with van der Waals surface area (Å²) in [6, 6.07) is 14.6. The fraction of sp³-hybridized carbons (Fsp3) is 0.423. The van der Waals surface area contributed by atoms with Gasteiger partial charge >= 0.3 is 12.1 Å². The third-order valence-electron chi connectivity index (χ3n) is 6.79. The first-order valence-electron chi connectivity index (χ1n) is 11.5. The highest BCUT2D eigenvalue weighted by Gasteiger charge is 2.39. The lowest BCUT2D eigenvalue weighted by Crippen LogP contribution is -2.55. The maximum Gasteiger partial charge on any atom is 0.407 e. The lowest BCUT2D eigenvalue weighted by molar-refractivity contribution is -0.147. The van der Waals surface area contributed by atoms with E-state index in [4.69, 9.17) is 4.74 Å². The minimum Gasteiger partial charge on any atom is -0.480 e. The van der Waals surface area contributed by atoms with Gasteiger partial charge in [-0.15, -0.1) is 0 Å². The van der Waals surface area contributed by atoms with Crippen LogP contribution in [0.15, 0.2) is 48.5 Å². The third kappa shape index (κ3) is 5.07. The fourth-order valence-corrected chi connectivity index (χ4v) is 4.48. The van der Waals surface area contributed by atoms with E-state index in [1.807, 2.05) is 36.4 Å². The number of aliphatic hydroxyl groups is 1. The summed E-state index contributed by atoms with van der Waals surface area (Å²) < 4.78 is 5.55. The molecule has 2 amide bonds. The summed E-state index contributed by atoms with van der Waals surface area (Å²) >= 11 is 0. The van der Waals surface area contributed by atoms with Gasteiger partial charge in [-0.2, -0.15) is 0 Å². The van der Waals surface area contributed by atoms with Crippen LogP contribution < -0.4 is 10.6 Å². The first-order valence-corrected chi connectivity index (χ1v) is 11.5. The smallest absolute Gasteiger partial charge is 0.407 e. The predicted octanol–water partition coefficient (Wildman–Crippen LogP) is 3.28. The lowest BCUT2D eigenvalue weighted by atomic mass is 9.81. The summed E-state index contributed by atoms with van der Waals surface area (Å²) in [7, 11) is 0. The molecule has 0 aromatic heterocycles. The Morgan fingerprint density at radius 2 is 1.53 bits per heavy atom. The Balaban J connectivity index is 1.64. The number of amides is 2. The third-order valence-corrected chi connectivity index (χ3v) is 6.79. The maximum atomic E-state index is 12.9. The Morgan fingerprint density at radius 1 is 1.00 bits per heavy atom.